The third kappa shape index (κ3) is 4.94. The molecule has 0 fully saturated rings. The number of allylic oxidation sites excluding steroid dienone is 8. The van der Waals surface area contributed by atoms with E-state index in [-0.39, 0.29) is 11.5 Å². The zero-order valence-electron chi connectivity index (χ0n) is 29.9. The predicted octanol–water partition coefficient (Wildman–Crippen LogP) is 11.9. The molecule has 250 valence electrons. The number of benzene rings is 5. The topological polar surface area (TPSA) is 40.8 Å². The standard InChI is InChI=1S/C49H39N3/c1-5-14-38-31(2)49(3,4)44-27-43-40-20-10-12-22-47(40)52(48(43)29-42(38)44)37-25-35(34-18-13-15-32(23-34)30-50)24-36(26-37)41-28-46(33-16-7-6-8-17-33)51-45-21-11-9-19-39(41)45/h5-29,45,51H,1-4H3/b14-5-. The van der Waals surface area contributed by atoms with Gasteiger partial charge in [-0.05, 0) is 119 Å². The lowest BCUT2D eigenvalue weighted by atomic mass is 9.81. The average Bonchev–Trinajstić information content (AvgIpc) is 3.61. The van der Waals surface area contributed by atoms with Gasteiger partial charge in [0.05, 0.1) is 28.7 Å². The number of dihydropyridines is 1. The Labute approximate surface area is 305 Å². The minimum atomic E-state index is -0.0649. The Bertz CT molecular complexity index is 2700. The molecule has 3 aliphatic rings. The highest BCUT2D eigenvalue weighted by Gasteiger charge is 2.35. The number of nitrogens with one attached hydrogen (secondary N) is 1. The summed E-state index contributed by atoms with van der Waals surface area (Å²) in [6.45, 7) is 9.08. The summed E-state index contributed by atoms with van der Waals surface area (Å²) in [4.78, 5) is 0. The summed E-state index contributed by atoms with van der Waals surface area (Å²) in [5, 5.41) is 16.1. The monoisotopic (exact) mass is 669 g/mol. The molecule has 52 heavy (non-hydrogen) atoms. The summed E-state index contributed by atoms with van der Waals surface area (Å²) in [7, 11) is 0. The Morgan fingerprint density at radius 3 is 2.38 bits per heavy atom. The summed E-state index contributed by atoms with van der Waals surface area (Å²) in [5.74, 6) is 0. The zero-order valence-corrected chi connectivity index (χ0v) is 29.9. The maximum Gasteiger partial charge on any atom is 0.0991 e. The number of hydrogen-bond acceptors (Lipinski definition) is 2. The second-order valence-electron chi connectivity index (χ2n) is 14.6. The third-order valence-electron chi connectivity index (χ3n) is 11.3. The van der Waals surface area contributed by atoms with Crippen LogP contribution in [0.25, 0.3) is 55.5 Å². The molecule has 1 aliphatic heterocycles. The van der Waals surface area contributed by atoms with Crippen molar-refractivity contribution in [2.24, 2.45) is 0 Å². The first-order valence-electron chi connectivity index (χ1n) is 18.1. The van der Waals surface area contributed by atoms with Gasteiger partial charge in [0, 0.05) is 27.6 Å². The normalized spacial score (nSPS) is 17.4. The first-order valence-corrected chi connectivity index (χ1v) is 18.1. The lowest BCUT2D eigenvalue weighted by Gasteiger charge is -2.29. The van der Waals surface area contributed by atoms with Crippen LogP contribution < -0.4 is 5.32 Å². The molecule has 3 heteroatoms. The van der Waals surface area contributed by atoms with E-state index < -0.39 is 0 Å². The number of aromatic nitrogens is 1. The third-order valence-corrected chi connectivity index (χ3v) is 11.3. The van der Waals surface area contributed by atoms with Gasteiger partial charge in [-0.25, -0.2) is 0 Å². The van der Waals surface area contributed by atoms with E-state index in [1.807, 2.05) is 18.2 Å². The second-order valence-corrected chi connectivity index (χ2v) is 14.6. The van der Waals surface area contributed by atoms with Crippen molar-refractivity contribution in [3.05, 3.63) is 191 Å². The van der Waals surface area contributed by atoms with Crippen molar-refractivity contribution in [3.63, 3.8) is 0 Å². The molecule has 1 atom stereocenters. The summed E-state index contributed by atoms with van der Waals surface area (Å²) < 4.78 is 2.45. The van der Waals surface area contributed by atoms with E-state index in [9.17, 15) is 5.26 Å². The fourth-order valence-corrected chi connectivity index (χ4v) is 8.38. The fraction of sp³-hybridized carbons (Fsp3) is 0.122. The molecule has 3 nitrogen and oxygen atoms in total. The van der Waals surface area contributed by atoms with E-state index >= 15 is 0 Å². The fourth-order valence-electron chi connectivity index (χ4n) is 8.38. The van der Waals surface area contributed by atoms with Crippen LogP contribution in [0.4, 0.5) is 0 Å². The SMILES string of the molecule is C/C=C\C1=C(C)C(C)(C)c2cc3c4ccccc4n(-c4cc(C5=C6C=CC=CC6NC(c6ccccc6)=C5)cc(-c5cccc(C#N)c5)c4)c3cc21. The van der Waals surface area contributed by atoms with Gasteiger partial charge in [-0.15, -0.1) is 0 Å². The van der Waals surface area contributed by atoms with E-state index in [0.717, 1.165) is 33.6 Å². The van der Waals surface area contributed by atoms with Crippen LogP contribution in [0.5, 0.6) is 0 Å². The van der Waals surface area contributed by atoms with E-state index in [1.54, 1.807) is 0 Å². The van der Waals surface area contributed by atoms with E-state index in [1.165, 1.54) is 55.2 Å². The van der Waals surface area contributed by atoms with Crippen LogP contribution in [0.1, 0.15) is 55.5 Å². The average molecular weight is 670 g/mol. The minimum absolute atomic E-state index is 0.0495. The number of nitrogens with zero attached hydrogens (tertiary/aromatic N) is 2. The molecule has 5 aromatic carbocycles. The molecule has 0 amide bonds. The molecule has 0 bridgehead atoms. The first-order chi connectivity index (χ1) is 25.4. The summed E-state index contributed by atoms with van der Waals surface area (Å²) in [5.41, 5.74) is 17.3. The highest BCUT2D eigenvalue weighted by atomic mass is 15.0. The van der Waals surface area contributed by atoms with Crippen molar-refractivity contribution in [3.8, 4) is 22.9 Å². The van der Waals surface area contributed by atoms with Crippen LogP contribution >= 0.6 is 0 Å². The van der Waals surface area contributed by atoms with Gasteiger partial charge in [0.2, 0.25) is 0 Å². The van der Waals surface area contributed by atoms with Crippen LogP contribution in [-0.4, -0.2) is 10.6 Å². The van der Waals surface area contributed by atoms with Gasteiger partial charge in [-0.3, -0.25) is 0 Å². The lowest BCUT2D eigenvalue weighted by Crippen LogP contribution is -2.31. The summed E-state index contributed by atoms with van der Waals surface area (Å²) in [6.07, 6.45) is 15.4. The van der Waals surface area contributed by atoms with Crippen LogP contribution in [-0.2, 0) is 5.41 Å². The molecule has 1 N–H and O–H groups in total. The molecule has 2 aliphatic carbocycles. The van der Waals surface area contributed by atoms with Gasteiger partial charge in [0.25, 0.3) is 0 Å². The molecule has 2 heterocycles. The van der Waals surface area contributed by atoms with Gasteiger partial charge in [0.15, 0.2) is 0 Å². The van der Waals surface area contributed by atoms with Gasteiger partial charge in [0.1, 0.15) is 0 Å². The Balaban J connectivity index is 1.35. The summed E-state index contributed by atoms with van der Waals surface area (Å²) >= 11 is 0. The second kappa shape index (κ2) is 12.1. The molecule has 0 saturated heterocycles. The van der Waals surface area contributed by atoms with Crippen molar-refractivity contribution in [2.75, 3.05) is 0 Å². The van der Waals surface area contributed by atoms with Crippen LogP contribution in [0.15, 0.2) is 163 Å². The Morgan fingerprint density at radius 1 is 0.769 bits per heavy atom. The largest absolute Gasteiger partial charge is 0.374 e. The van der Waals surface area contributed by atoms with Gasteiger partial charge < -0.3 is 9.88 Å². The maximum atomic E-state index is 9.87. The Kier molecular flexibility index (Phi) is 7.38. The van der Waals surface area contributed by atoms with E-state index in [0.29, 0.717) is 5.56 Å². The lowest BCUT2D eigenvalue weighted by molar-refractivity contribution is 0.640. The minimum Gasteiger partial charge on any atom is -0.374 e. The van der Waals surface area contributed by atoms with Crippen molar-refractivity contribution in [1.82, 2.24) is 9.88 Å². The number of rotatable bonds is 5. The molecule has 0 radical (unpaired) electrons. The van der Waals surface area contributed by atoms with Gasteiger partial charge >= 0.3 is 0 Å². The zero-order chi connectivity index (χ0) is 35.6. The molecular weight excluding hydrogens is 631 g/mol. The van der Waals surface area contributed by atoms with Gasteiger partial charge in [-0.2, -0.15) is 5.26 Å². The van der Waals surface area contributed by atoms with Crippen LogP contribution in [0, 0.1) is 11.3 Å². The van der Waals surface area contributed by atoms with E-state index in [4.69, 9.17) is 0 Å². The number of hydrogen-bond donors (Lipinski definition) is 1. The Morgan fingerprint density at radius 2 is 1.56 bits per heavy atom. The molecule has 0 spiro atoms. The molecule has 9 rings (SSSR count). The number of para-hydroxylation sites is 1. The molecular formula is C49H39N3. The summed E-state index contributed by atoms with van der Waals surface area (Å²) in [6, 6.07) is 41.5. The molecule has 1 unspecified atom stereocenters. The number of fused-ring (bicyclic) bond motifs is 5. The Hall–Kier alpha value is -6.37. The smallest absolute Gasteiger partial charge is 0.0991 e. The highest BCUT2D eigenvalue weighted by Crippen LogP contribution is 2.49. The van der Waals surface area contributed by atoms with Crippen molar-refractivity contribution in [1.29, 1.82) is 5.26 Å². The van der Waals surface area contributed by atoms with Crippen molar-refractivity contribution < 1.29 is 0 Å². The maximum absolute atomic E-state index is 9.87. The molecule has 6 aromatic rings. The van der Waals surface area contributed by atoms with Crippen LogP contribution in [0.2, 0.25) is 0 Å². The van der Waals surface area contributed by atoms with E-state index in [2.05, 4.69) is 177 Å². The first kappa shape index (κ1) is 31.6. The van der Waals surface area contributed by atoms with Crippen molar-refractivity contribution >= 4 is 38.6 Å². The predicted molar refractivity (Wildman–Crippen MR) is 218 cm³/mol. The van der Waals surface area contributed by atoms with Gasteiger partial charge in [-0.1, -0.05) is 117 Å². The number of nitriles is 1. The quantitative estimate of drug-likeness (QED) is 0.198. The molecule has 0 saturated carbocycles. The highest BCUT2D eigenvalue weighted by molar-refractivity contribution is 6.11. The van der Waals surface area contributed by atoms with Crippen molar-refractivity contribution in [2.45, 2.75) is 39.2 Å². The molecule has 1 aromatic heterocycles. The van der Waals surface area contributed by atoms with Crippen LogP contribution in [0.3, 0.4) is 0 Å².